The van der Waals surface area contributed by atoms with E-state index in [1.807, 2.05) is 0 Å². The molecule has 0 bridgehead atoms. The van der Waals surface area contributed by atoms with Gasteiger partial charge in [-0.15, -0.1) is 0 Å². The Morgan fingerprint density at radius 1 is 0.810 bits per heavy atom. The summed E-state index contributed by atoms with van der Waals surface area (Å²) >= 11 is 0. The first kappa shape index (κ1) is 14.8. The van der Waals surface area contributed by atoms with Crippen molar-refractivity contribution >= 4 is 11.6 Å². The second-order valence-electron chi connectivity index (χ2n) is 4.92. The van der Waals surface area contributed by atoms with E-state index >= 15 is 0 Å². The third-order valence-electron chi connectivity index (χ3n) is 3.38. The summed E-state index contributed by atoms with van der Waals surface area (Å²) in [5, 5.41) is 20.2. The van der Waals surface area contributed by atoms with Crippen LogP contribution < -0.4 is 0 Å². The van der Waals surface area contributed by atoms with Crippen LogP contribution in [0.3, 0.4) is 0 Å². The molecule has 2 aromatic rings. The van der Waals surface area contributed by atoms with Crippen molar-refractivity contribution in [2.24, 2.45) is 0 Å². The Morgan fingerprint density at radius 3 is 1.52 bits per heavy atom. The molecule has 0 saturated carbocycles. The summed E-state index contributed by atoms with van der Waals surface area (Å²) < 4.78 is 0. The quantitative estimate of drug-likeness (QED) is 0.846. The van der Waals surface area contributed by atoms with Crippen molar-refractivity contribution in [1.29, 1.82) is 0 Å². The number of rotatable bonds is 4. The predicted molar refractivity (Wildman–Crippen MR) is 79.0 cm³/mol. The summed E-state index contributed by atoms with van der Waals surface area (Å²) in [5.74, 6) is -0.623. The number of ketones is 2. The van der Waals surface area contributed by atoms with Gasteiger partial charge in [-0.05, 0) is 37.1 Å². The first-order chi connectivity index (χ1) is 9.91. The zero-order chi connectivity index (χ0) is 15.6. The maximum atomic E-state index is 11.4. The van der Waals surface area contributed by atoms with Crippen LogP contribution in [0.5, 0.6) is 11.5 Å². The highest BCUT2D eigenvalue weighted by atomic mass is 16.3. The minimum absolute atomic E-state index is 0.0855. The minimum Gasteiger partial charge on any atom is -0.507 e. The molecule has 0 unspecified atom stereocenters. The molecule has 0 aromatic heterocycles. The standard InChI is InChI=1S/C17H16O4/c1-10(18)14-7-3-5-12(16(14)20)9-13-6-4-8-15(11(2)19)17(13)21/h3-8,20-21H,9H2,1-2H3. The van der Waals surface area contributed by atoms with Crippen molar-refractivity contribution in [2.45, 2.75) is 20.3 Å². The lowest BCUT2D eigenvalue weighted by Crippen LogP contribution is -1.99. The number of carbonyl (C=O) groups is 2. The van der Waals surface area contributed by atoms with Gasteiger partial charge in [0.2, 0.25) is 0 Å². The van der Waals surface area contributed by atoms with Crippen molar-refractivity contribution in [3.05, 3.63) is 58.7 Å². The van der Waals surface area contributed by atoms with Gasteiger partial charge in [-0.25, -0.2) is 0 Å². The number of hydrogen-bond donors (Lipinski definition) is 2. The fourth-order valence-corrected chi connectivity index (χ4v) is 2.24. The van der Waals surface area contributed by atoms with Crippen LogP contribution in [-0.2, 0) is 6.42 Å². The number of aromatic hydroxyl groups is 2. The lowest BCUT2D eigenvalue weighted by molar-refractivity contribution is 0.100. The Hall–Kier alpha value is -2.62. The number of carbonyl (C=O) groups excluding carboxylic acids is 2. The SMILES string of the molecule is CC(=O)c1cccc(Cc2cccc(C(C)=O)c2O)c1O. The monoisotopic (exact) mass is 284 g/mol. The Kier molecular flexibility index (Phi) is 4.08. The number of phenolic OH excluding ortho intramolecular Hbond substituents is 2. The predicted octanol–water partition coefficient (Wildman–Crippen LogP) is 3.09. The fourth-order valence-electron chi connectivity index (χ4n) is 2.24. The number of Topliss-reactive ketones (excluding diaryl/α,β-unsaturated/α-hetero) is 2. The fraction of sp³-hybridized carbons (Fsp3) is 0.176. The molecule has 4 nitrogen and oxygen atoms in total. The number of para-hydroxylation sites is 2. The summed E-state index contributed by atoms with van der Waals surface area (Å²) in [4.78, 5) is 22.9. The third-order valence-corrected chi connectivity index (χ3v) is 3.38. The van der Waals surface area contributed by atoms with Gasteiger partial charge in [-0.2, -0.15) is 0 Å². The van der Waals surface area contributed by atoms with Gasteiger partial charge in [0.25, 0.3) is 0 Å². The maximum Gasteiger partial charge on any atom is 0.163 e. The van der Waals surface area contributed by atoms with Crippen LogP contribution in [-0.4, -0.2) is 21.8 Å². The summed E-state index contributed by atoms with van der Waals surface area (Å²) in [6.45, 7) is 2.76. The molecule has 0 radical (unpaired) electrons. The van der Waals surface area contributed by atoms with E-state index in [2.05, 4.69) is 0 Å². The van der Waals surface area contributed by atoms with Crippen molar-refractivity contribution in [3.8, 4) is 11.5 Å². The average Bonchev–Trinajstić information content (AvgIpc) is 2.42. The smallest absolute Gasteiger partial charge is 0.163 e. The average molecular weight is 284 g/mol. The molecule has 0 saturated heterocycles. The van der Waals surface area contributed by atoms with Crippen LogP contribution in [0.25, 0.3) is 0 Å². The van der Waals surface area contributed by atoms with E-state index in [4.69, 9.17) is 0 Å². The highest BCUT2D eigenvalue weighted by Gasteiger charge is 2.15. The molecule has 0 heterocycles. The molecule has 108 valence electrons. The maximum absolute atomic E-state index is 11.4. The topological polar surface area (TPSA) is 74.6 Å². The van der Waals surface area contributed by atoms with Crippen LogP contribution in [0.1, 0.15) is 45.7 Å². The summed E-state index contributed by atoms with van der Waals surface area (Å²) in [5.41, 5.74) is 1.54. The van der Waals surface area contributed by atoms with Crippen molar-refractivity contribution in [3.63, 3.8) is 0 Å². The van der Waals surface area contributed by atoms with Gasteiger partial charge in [0, 0.05) is 6.42 Å². The second kappa shape index (κ2) is 5.79. The number of hydrogen-bond acceptors (Lipinski definition) is 4. The van der Waals surface area contributed by atoms with E-state index in [1.165, 1.54) is 13.8 Å². The summed E-state index contributed by atoms with van der Waals surface area (Å²) in [7, 11) is 0. The highest BCUT2D eigenvalue weighted by molar-refractivity contribution is 5.98. The Labute approximate surface area is 122 Å². The van der Waals surface area contributed by atoms with Crippen molar-refractivity contribution < 1.29 is 19.8 Å². The molecular weight excluding hydrogens is 268 g/mol. The molecule has 0 amide bonds. The Morgan fingerprint density at radius 2 is 1.19 bits per heavy atom. The molecule has 2 aromatic carbocycles. The van der Waals surface area contributed by atoms with Gasteiger partial charge >= 0.3 is 0 Å². The normalized spacial score (nSPS) is 10.4. The van der Waals surface area contributed by atoms with Gasteiger partial charge in [0.15, 0.2) is 11.6 Å². The van der Waals surface area contributed by atoms with E-state index in [0.717, 1.165) is 0 Å². The van der Waals surface area contributed by atoms with E-state index in [-0.39, 0.29) is 40.6 Å². The molecule has 0 aliphatic carbocycles. The Bertz CT molecular complexity index is 655. The summed E-state index contributed by atoms with van der Waals surface area (Å²) in [6.07, 6.45) is 0.236. The molecule has 0 spiro atoms. The molecule has 0 aliphatic rings. The molecular formula is C17H16O4. The zero-order valence-corrected chi connectivity index (χ0v) is 11.9. The van der Waals surface area contributed by atoms with E-state index in [1.54, 1.807) is 36.4 Å². The van der Waals surface area contributed by atoms with E-state index in [9.17, 15) is 19.8 Å². The van der Waals surface area contributed by atoms with Crippen LogP contribution in [0.2, 0.25) is 0 Å². The van der Waals surface area contributed by atoms with Crippen LogP contribution in [0, 0.1) is 0 Å². The lowest BCUT2D eigenvalue weighted by Gasteiger charge is -2.11. The molecule has 21 heavy (non-hydrogen) atoms. The van der Waals surface area contributed by atoms with E-state index < -0.39 is 0 Å². The number of benzene rings is 2. The molecule has 2 rings (SSSR count). The zero-order valence-electron chi connectivity index (χ0n) is 11.9. The van der Waals surface area contributed by atoms with Crippen LogP contribution in [0.4, 0.5) is 0 Å². The van der Waals surface area contributed by atoms with Gasteiger partial charge in [0.05, 0.1) is 11.1 Å². The van der Waals surface area contributed by atoms with Gasteiger partial charge in [-0.1, -0.05) is 24.3 Å². The van der Waals surface area contributed by atoms with Crippen molar-refractivity contribution in [1.82, 2.24) is 0 Å². The number of phenols is 2. The largest absolute Gasteiger partial charge is 0.507 e. The molecule has 2 N–H and O–H groups in total. The van der Waals surface area contributed by atoms with Crippen LogP contribution >= 0.6 is 0 Å². The Balaban J connectivity index is 2.44. The molecule has 0 fully saturated rings. The molecule has 4 heteroatoms. The first-order valence-corrected chi connectivity index (χ1v) is 6.55. The van der Waals surface area contributed by atoms with E-state index in [0.29, 0.717) is 11.1 Å². The second-order valence-corrected chi connectivity index (χ2v) is 4.92. The van der Waals surface area contributed by atoms with Crippen LogP contribution in [0.15, 0.2) is 36.4 Å². The third kappa shape index (κ3) is 2.94. The van der Waals surface area contributed by atoms with Gasteiger partial charge in [-0.3, -0.25) is 9.59 Å². The molecule has 0 atom stereocenters. The lowest BCUT2D eigenvalue weighted by atomic mass is 9.97. The summed E-state index contributed by atoms with van der Waals surface area (Å²) in [6, 6.07) is 9.82. The highest BCUT2D eigenvalue weighted by Crippen LogP contribution is 2.30. The van der Waals surface area contributed by atoms with Gasteiger partial charge < -0.3 is 10.2 Å². The molecule has 0 aliphatic heterocycles. The van der Waals surface area contributed by atoms with Gasteiger partial charge in [0.1, 0.15) is 11.5 Å². The minimum atomic E-state index is -0.226. The first-order valence-electron chi connectivity index (χ1n) is 6.55. The van der Waals surface area contributed by atoms with Crippen molar-refractivity contribution in [2.75, 3.05) is 0 Å².